The molecular weight excluding hydrogens is 406 g/mol. The SMILES string of the molecule is COc1cc(C)[nH]c(=O)c1CNC(=O)c1c(C)c(C(C)c2cccnc2)n2ncccc12. The zero-order valence-electron chi connectivity index (χ0n) is 18.5. The first-order valence-electron chi connectivity index (χ1n) is 10.3. The number of H-pyrrole nitrogens is 1. The summed E-state index contributed by atoms with van der Waals surface area (Å²) in [6.45, 7) is 5.81. The van der Waals surface area contributed by atoms with Crippen LogP contribution in [0.3, 0.4) is 0 Å². The molecular formula is C24H25N5O3. The molecule has 0 radical (unpaired) electrons. The lowest BCUT2D eigenvalue weighted by molar-refractivity contribution is 0.0951. The number of methoxy groups -OCH3 is 1. The summed E-state index contributed by atoms with van der Waals surface area (Å²) in [4.78, 5) is 32.6. The van der Waals surface area contributed by atoms with Gasteiger partial charge in [0.1, 0.15) is 5.75 Å². The van der Waals surface area contributed by atoms with Crippen LogP contribution in [0.4, 0.5) is 0 Å². The van der Waals surface area contributed by atoms with Crippen LogP contribution in [-0.2, 0) is 6.54 Å². The van der Waals surface area contributed by atoms with Crippen LogP contribution >= 0.6 is 0 Å². The monoisotopic (exact) mass is 431 g/mol. The van der Waals surface area contributed by atoms with Gasteiger partial charge in [-0.05, 0) is 49.2 Å². The molecule has 0 aliphatic heterocycles. The third kappa shape index (κ3) is 3.75. The lowest BCUT2D eigenvalue weighted by Gasteiger charge is -2.13. The molecule has 1 unspecified atom stereocenters. The van der Waals surface area contributed by atoms with E-state index in [-0.39, 0.29) is 23.9 Å². The van der Waals surface area contributed by atoms with Gasteiger partial charge < -0.3 is 15.0 Å². The van der Waals surface area contributed by atoms with Gasteiger partial charge in [-0.3, -0.25) is 14.6 Å². The second-order valence-electron chi connectivity index (χ2n) is 7.73. The van der Waals surface area contributed by atoms with Crippen LogP contribution < -0.4 is 15.6 Å². The smallest absolute Gasteiger partial charge is 0.256 e. The summed E-state index contributed by atoms with van der Waals surface area (Å²) in [5.41, 5.74) is 4.80. The second kappa shape index (κ2) is 8.66. The van der Waals surface area contributed by atoms with Crippen LogP contribution in [0.2, 0.25) is 0 Å². The van der Waals surface area contributed by atoms with Crippen LogP contribution in [0.5, 0.6) is 5.75 Å². The van der Waals surface area contributed by atoms with Gasteiger partial charge in [0, 0.05) is 30.2 Å². The van der Waals surface area contributed by atoms with Crippen LogP contribution in [0.25, 0.3) is 5.52 Å². The minimum absolute atomic E-state index is 0.0207. The van der Waals surface area contributed by atoms with Crippen molar-refractivity contribution in [2.45, 2.75) is 33.2 Å². The fourth-order valence-corrected chi connectivity index (χ4v) is 4.11. The number of rotatable bonds is 6. The van der Waals surface area contributed by atoms with E-state index in [4.69, 9.17) is 4.74 Å². The summed E-state index contributed by atoms with van der Waals surface area (Å²) in [7, 11) is 1.50. The molecule has 32 heavy (non-hydrogen) atoms. The first-order chi connectivity index (χ1) is 15.4. The number of ether oxygens (including phenoxy) is 1. The number of amides is 1. The molecule has 0 bridgehead atoms. The molecule has 0 saturated heterocycles. The van der Waals surface area contributed by atoms with Crippen molar-refractivity contribution in [3.63, 3.8) is 0 Å². The Hall–Kier alpha value is -3.94. The molecule has 4 rings (SSSR count). The Bertz CT molecular complexity index is 1340. The zero-order valence-corrected chi connectivity index (χ0v) is 18.5. The van der Waals surface area contributed by atoms with Crippen LogP contribution in [0, 0.1) is 13.8 Å². The van der Waals surface area contributed by atoms with Gasteiger partial charge in [0.25, 0.3) is 11.5 Å². The number of aryl methyl sites for hydroxylation is 1. The number of aromatic nitrogens is 4. The van der Waals surface area contributed by atoms with Crippen LogP contribution in [0.1, 0.15) is 51.3 Å². The molecule has 8 nitrogen and oxygen atoms in total. The van der Waals surface area contributed by atoms with E-state index in [9.17, 15) is 9.59 Å². The minimum Gasteiger partial charge on any atom is -0.496 e. The van der Waals surface area contributed by atoms with Gasteiger partial charge in [0.15, 0.2) is 0 Å². The first kappa shape index (κ1) is 21.3. The van der Waals surface area contributed by atoms with Crippen LogP contribution in [0.15, 0.2) is 53.7 Å². The summed E-state index contributed by atoms with van der Waals surface area (Å²) in [5, 5.41) is 7.39. The fraction of sp³-hybridized carbons (Fsp3) is 0.250. The van der Waals surface area contributed by atoms with Gasteiger partial charge in [0.2, 0.25) is 0 Å². The molecule has 4 heterocycles. The Morgan fingerprint density at radius 1 is 1.25 bits per heavy atom. The normalized spacial score (nSPS) is 12.0. The van der Waals surface area contributed by atoms with Crippen molar-refractivity contribution in [3.05, 3.63) is 92.9 Å². The van der Waals surface area contributed by atoms with E-state index in [1.807, 2.05) is 31.3 Å². The zero-order chi connectivity index (χ0) is 22.8. The predicted molar refractivity (Wildman–Crippen MR) is 121 cm³/mol. The van der Waals surface area contributed by atoms with Gasteiger partial charge in [-0.25, -0.2) is 4.52 Å². The summed E-state index contributed by atoms with van der Waals surface area (Å²) < 4.78 is 7.14. The number of pyridine rings is 2. The Morgan fingerprint density at radius 2 is 2.03 bits per heavy atom. The largest absolute Gasteiger partial charge is 0.496 e. The Balaban J connectivity index is 1.72. The lowest BCUT2D eigenvalue weighted by Crippen LogP contribution is -2.28. The Morgan fingerprint density at radius 3 is 2.75 bits per heavy atom. The highest BCUT2D eigenvalue weighted by molar-refractivity contribution is 6.03. The molecule has 1 atom stereocenters. The van der Waals surface area contributed by atoms with Crippen LogP contribution in [-0.4, -0.2) is 32.6 Å². The van der Waals surface area contributed by atoms with E-state index < -0.39 is 0 Å². The average molecular weight is 431 g/mol. The van der Waals surface area contributed by atoms with Crippen molar-refractivity contribution in [1.29, 1.82) is 0 Å². The topological polar surface area (TPSA) is 101 Å². The molecule has 4 aromatic heterocycles. The van der Waals surface area contributed by atoms with Crippen molar-refractivity contribution in [2.24, 2.45) is 0 Å². The number of fused-ring (bicyclic) bond motifs is 1. The van der Waals surface area contributed by atoms with Crippen molar-refractivity contribution in [2.75, 3.05) is 7.11 Å². The molecule has 0 aliphatic carbocycles. The second-order valence-corrected chi connectivity index (χ2v) is 7.73. The van der Waals surface area contributed by atoms with Crippen molar-refractivity contribution >= 4 is 11.4 Å². The highest BCUT2D eigenvalue weighted by atomic mass is 16.5. The molecule has 4 aromatic rings. The van der Waals surface area contributed by atoms with E-state index in [1.54, 1.807) is 36.0 Å². The number of carbonyl (C=O) groups is 1. The maximum Gasteiger partial charge on any atom is 0.256 e. The molecule has 0 aromatic carbocycles. The van der Waals surface area contributed by atoms with Gasteiger partial charge >= 0.3 is 0 Å². The molecule has 0 spiro atoms. The number of nitrogens with zero attached hydrogens (tertiary/aromatic N) is 3. The fourth-order valence-electron chi connectivity index (χ4n) is 4.11. The Kier molecular flexibility index (Phi) is 5.77. The highest BCUT2D eigenvalue weighted by Gasteiger charge is 2.25. The van der Waals surface area contributed by atoms with Gasteiger partial charge in [-0.1, -0.05) is 13.0 Å². The van der Waals surface area contributed by atoms with E-state index in [0.29, 0.717) is 28.1 Å². The lowest BCUT2D eigenvalue weighted by atomic mass is 9.95. The quantitative estimate of drug-likeness (QED) is 0.488. The van der Waals surface area contributed by atoms with E-state index in [0.717, 1.165) is 16.8 Å². The highest BCUT2D eigenvalue weighted by Crippen LogP contribution is 2.31. The molecule has 8 heteroatoms. The third-order valence-electron chi connectivity index (χ3n) is 5.69. The molecule has 0 fully saturated rings. The number of hydrogen-bond donors (Lipinski definition) is 2. The average Bonchev–Trinajstić information content (AvgIpc) is 3.09. The maximum absolute atomic E-state index is 13.3. The van der Waals surface area contributed by atoms with Crippen molar-refractivity contribution in [1.82, 2.24) is 24.9 Å². The third-order valence-corrected chi connectivity index (χ3v) is 5.69. The number of hydrogen-bond acceptors (Lipinski definition) is 5. The number of carbonyl (C=O) groups excluding carboxylic acids is 1. The van der Waals surface area contributed by atoms with Gasteiger partial charge in [0.05, 0.1) is 36.0 Å². The summed E-state index contributed by atoms with van der Waals surface area (Å²) in [6.07, 6.45) is 5.25. The molecule has 2 N–H and O–H groups in total. The van der Waals surface area contributed by atoms with Crippen molar-refractivity contribution < 1.29 is 9.53 Å². The van der Waals surface area contributed by atoms with Gasteiger partial charge in [-0.15, -0.1) is 0 Å². The summed E-state index contributed by atoms with van der Waals surface area (Å²) in [6, 6.07) is 9.31. The molecule has 0 saturated carbocycles. The summed E-state index contributed by atoms with van der Waals surface area (Å²) in [5.74, 6) is 0.143. The Labute approximate surface area is 185 Å². The predicted octanol–water partition coefficient (Wildman–Crippen LogP) is 3.12. The molecule has 1 amide bonds. The van der Waals surface area contributed by atoms with E-state index in [2.05, 4.69) is 27.3 Å². The maximum atomic E-state index is 13.3. The number of nitrogens with one attached hydrogen (secondary N) is 2. The van der Waals surface area contributed by atoms with Gasteiger partial charge in [-0.2, -0.15) is 5.10 Å². The van der Waals surface area contributed by atoms with E-state index >= 15 is 0 Å². The number of aromatic amines is 1. The summed E-state index contributed by atoms with van der Waals surface area (Å²) >= 11 is 0. The van der Waals surface area contributed by atoms with Crippen molar-refractivity contribution in [3.8, 4) is 5.75 Å². The molecule has 0 aliphatic rings. The van der Waals surface area contributed by atoms with E-state index in [1.165, 1.54) is 7.11 Å². The molecule has 164 valence electrons. The standard InChI is InChI=1S/C24H25N5O3/c1-14-11-20(32-4)18(23(30)28-14)13-26-24(31)21-16(3)22(29-19(21)8-6-10-27-29)15(2)17-7-5-9-25-12-17/h5-12,15H,13H2,1-4H3,(H,26,31)(H,28,30). The minimum atomic E-state index is -0.284. The first-order valence-corrected chi connectivity index (χ1v) is 10.3.